The number of carbonyl (C=O) groups excluding carboxylic acids is 1. The van der Waals surface area contributed by atoms with Crippen molar-refractivity contribution in [3.05, 3.63) is 28.8 Å². The van der Waals surface area contributed by atoms with E-state index in [1.165, 1.54) is 25.1 Å². The molecule has 1 atom stereocenters. The molecular weight excluding hydrogens is 378 g/mol. The van der Waals surface area contributed by atoms with Crippen molar-refractivity contribution >= 4 is 27.6 Å². The van der Waals surface area contributed by atoms with Crippen molar-refractivity contribution in [2.75, 3.05) is 0 Å². The van der Waals surface area contributed by atoms with Gasteiger partial charge in [-0.15, -0.1) is 0 Å². The topological polar surface area (TPSA) is 92.7 Å². The Balaban J connectivity index is 2.01. The van der Waals surface area contributed by atoms with Crippen LogP contribution in [0.15, 0.2) is 23.1 Å². The van der Waals surface area contributed by atoms with Gasteiger partial charge >= 0.3 is 5.97 Å². The van der Waals surface area contributed by atoms with Gasteiger partial charge in [-0.05, 0) is 64.7 Å². The Labute approximate surface area is 159 Å². The van der Waals surface area contributed by atoms with Crippen LogP contribution >= 0.6 is 11.6 Å². The third-order valence-corrected chi connectivity index (χ3v) is 6.32. The van der Waals surface area contributed by atoms with Crippen LogP contribution in [0.4, 0.5) is 0 Å². The first-order chi connectivity index (χ1) is 12.1. The standard InChI is InChI=1S/C18H26ClNO5S/c1-11(2)25-18(22)13-4-6-14(7-5-13)20-26(23,24)15-8-9-17(19)16(10-15)12(3)21/h8-14,20-21H,4-7H2,1-3H3. The maximum Gasteiger partial charge on any atom is 0.309 e. The summed E-state index contributed by atoms with van der Waals surface area (Å²) >= 11 is 6.00. The van der Waals surface area contributed by atoms with Crippen molar-refractivity contribution in [2.45, 2.75) is 69.6 Å². The van der Waals surface area contributed by atoms with Crippen molar-refractivity contribution in [3.63, 3.8) is 0 Å². The number of benzene rings is 1. The summed E-state index contributed by atoms with van der Waals surface area (Å²) in [4.78, 5) is 12.0. The Morgan fingerprint density at radius 2 is 1.85 bits per heavy atom. The molecule has 8 heteroatoms. The first-order valence-electron chi connectivity index (χ1n) is 8.80. The number of aliphatic hydroxyl groups excluding tert-OH is 1. The van der Waals surface area contributed by atoms with Gasteiger partial charge in [0.15, 0.2) is 0 Å². The Hall–Kier alpha value is -1.15. The van der Waals surface area contributed by atoms with Gasteiger partial charge in [0, 0.05) is 16.6 Å². The number of aliphatic hydroxyl groups is 1. The average Bonchev–Trinajstić information content (AvgIpc) is 2.54. The first-order valence-corrected chi connectivity index (χ1v) is 10.7. The number of carbonyl (C=O) groups is 1. The molecule has 0 saturated heterocycles. The lowest BCUT2D eigenvalue weighted by Gasteiger charge is -2.28. The first kappa shape index (κ1) is 21.2. The second-order valence-corrected chi connectivity index (χ2v) is 9.14. The Bertz CT molecular complexity index is 740. The minimum Gasteiger partial charge on any atom is -0.463 e. The highest BCUT2D eigenvalue weighted by Crippen LogP contribution is 2.29. The van der Waals surface area contributed by atoms with Crippen LogP contribution in [0.2, 0.25) is 5.02 Å². The highest BCUT2D eigenvalue weighted by Gasteiger charge is 2.30. The molecule has 146 valence electrons. The van der Waals surface area contributed by atoms with Crippen molar-refractivity contribution in [1.29, 1.82) is 0 Å². The van der Waals surface area contributed by atoms with Gasteiger partial charge < -0.3 is 9.84 Å². The number of ether oxygens (including phenoxy) is 1. The molecule has 1 fully saturated rings. The monoisotopic (exact) mass is 403 g/mol. The van der Waals surface area contributed by atoms with Gasteiger partial charge in [0.1, 0.15) is 0 Å². The summed E-state index contributed by atoms with van der Waals surface area (Å²) in [5.41, 5.74) is 0.370. The van der Waals surface area contributed by atoms with Gasteiger partial charge in [-0.25, -0.2) is 13.1 Å². The molecular formula is C18H26ClNO5S. The zero-order valence-corrected chi connectivity index (χ0v) is 16.8. The van der Waals surface area contributed by atoms with E-state index in [1.807, 2.05) is 13.8 Å². The van der Waals surface area contributed by atoms with Crippen LogP contribution in [0.25, 0.3) is 0 Å². The summed E-state index contributed by atoms with van der Waals surface area (Å²) in [7, 11) is -3.73. The lowest BCUT2D eigenvalue weighted by Crippen LogP contribution is -2.39. The number of nitrogens with one attached hydrogen (secondary N) is 1. The summed E-state index contributed by atoms with van der Waals surface area (Å²) < 4.78 is 33.2. The molecule has 1 saturated carbocycles. The quantitative estimate of drug-likeness (QED) is 0.711. The van der Waals surface area contributed by atoms with E-state index >= 15 is 0 Å². The van der Waals surface area contributed by atoms with Gasteiger partial charge in [0.25, 0.3) is 0 Å². The Morgan fingerprint density at radius 3 is 2.38 bits per heavy atom. The molecule has 0 amide bonds. The second kappa shape index (κ2) is 8.69. The molecule has 1 aromatic rings. The van der Waals surface area contributed by atoms with E-state index in [9.17, 15) is 18.3 Å². The van der Waals surface area contributed by atoms with Crippen molar-refractivity contribution < 1.29 is 23.1 Å². The molecule has 0 aromatic heterocycles. The van der Waals surface area contributed by atoms with Crippen LogP contribution < -0.4 is 4.72 Å². The van der Waals surface area contributed by atoms with Gasteiger partial charge in [-0.3, -0.25) is 4.79 Å². The van der Waals surface area contributed by atoms with E-state index in [2.05, 4.69) is 4.72 Å². The van der Waals surface area contributed by atoms with E-state index < -0.39 is 16.1 Å². The predicted molar refractivity (Wildman–Crippen MR) is 99.4 cm³/mol. The summed E-state index contributed by atoms with van der Waals surface area (Å²) in [5, 5.41) is 10.0. The van der Waals surface area contributed by atoms with Crippen LogP contribution in [-0.4, -0.2) is 31.6 Å². The predicted octanol–water partition coefficient (Wildman–Crippen LogP) is 3.18. The van der Waals surface area contributed by atoms with Crippen LogP contribution in [0, 0.1) is 5.92 Å². The van der Waals surface area contributed by atoms with Crippen molar-refractivity contribution in [3.8, 4) is 0 Å². The molecule has 1 aliphatic carbocycles. The third-order valence-electron chi connectivity index (χ3n) is 4.46. The molecule has 1 aromatic carbocycles. The van der Waals surface area contributed by atoms with Crippen LogP contribution in [0.5, 0.6) is 0 Å². The fourth-order valence-electron chi connectivity index (χ4n) is 3.07. The maximum atomic E-state index is 12.6. The van der Waals surface area contributed by atoms with E-state index in [0.717, 1.165) is 0 Å². The molecule has 0 radical (unpaired) electrons. The lowest BCUT2D eigenvalue weighted by molar-refractivity contribution is -0.153. The largest absolute Gasteiger partial charge is 0.463 e. The molecule has 6 nitrogen and oxygen atoms in total. The van der Waals surface area contributed by atoms with Crippen LogP contribution in [-0.2, 0) is 19.6 Å². The summed E-state index contributed by atoms with van der Waals surface area (Å²) in [6.07, 6.45) is 1.34. The van der Waals surface area contributed by atoms with Crippen LogP contribution in [0.1, 0.15) is 58.1 Å². The molecule has 0 bridgehead atoms. The highest BCUT2D eigenvalue weighted by atomic mass is 35.5. The molecule has 2 rings (SSSR count). The zero-order valence-electron chi connectivity index (χ0n) is 15.2. The SMILES string of the molecule is CC(C)OC(=O)C1CCC(NS(=O)(=O)c2ccc(Cl)c(C(C)O)c2)CC1. The molecule has 26 heavy (non-hydrogen) atoms. The fourth-order valence-corrected chi connectivity index (χ4v) is 4.69. The number of hydrogen-bond acceptors (Lipinski definition) is 5. The van der Waals surface area contributed by atoms with Crippen LogP contribution in [0.3, 0.4) is 0 Å². The minimum absolute atomic E-state index is 0.0686. The van der Waals surface area contributed by atoms with E-state index in [1.54, 1.807) is 0 Å². The number of hydrogen-bond donors (Lipinski definition) is 2. The summed E-state index contributed by atoms with van der Waals surface area (Å²) in [5.74, 6) is -0.379. The Morgan fingerprint density at radius 1 is 1.23 bits per heavy atom. The van der Waals surface area contributed by atoms with E-state index in [0.29, 0.717) is 36.3 Å². The normalized spacial score (nSPS) is 22.2. The molecule has 0 spiro atoms. The lowest BCUT2D eigenvalue weighted by atomic mass is 9.86. The zero-order chi connectivity index (χ0) is 19.5. The van der Waals surface area contributed by atoms with E-state index in [4.69, 9.17) is 16.3 Å². The number of rotatable bonds is 6. The molecule has 1 unspecified atom stereocenters. The molecule has 1 aliphatic rings. The summed E-state index contributed by atoms with van der Waals surface area (Å²) in [6.45, 7) is 5.15. The number of halogens is 1. The maximum absolute atomic E-state index is 12.6. The molecule has 0 aliphatic heterocycles. The summed E-state index contributed by atoms with van der Waals surface area (Å²) in [6, 6.07) is 4.05. The Kier molecular flexibility index (Phi) is 7.07. The van der Waals surface area contributed by atoms with Gasteiger partial charge in [-0.1, -0.05) is 11.6 Å². The molecule has 2 N–H and O–H groups in total. The van der Waals surface area contributed by atoms with Gasteiger partial charge in [0.05, 0.1) is 23.0 Å². The number of esters is 1. The minimum atomic E-state index is -3.73. The molecule has 0 heterocycles. The van der Waals surface area contributed by atoms with Crippen molar-refractivity contribution in [2.24, 2.45) is 5.92 Å². The average molecular weight is 404 g/mol. The smallest absolute Gasteiger partial charge is 0.309 e. The highest BCUT2D eigenvalue weighted by molar-refractivity contribution is 7.89. The van der Waals surface area contributed by atoms with Gasteiger partial charge in [-0.2, -0.15) is 0 Å². The fraction of sp³-hybridized carbons (Fsp3) is 0.611. The van der Waals surface area contributed by atoms with E-state index in [-0.39, 0.29) is 28.9 Å². The third kappa shape index (κ3) is 5.42. The second-order valence-electron chi connectivity index (χ2n) is 7.01. The van der Waals surface area contributed by atoms with Gasteiger partial charge in [0.2, 0.25) is 10.0 Å². The van der Waals surface area contributed by atoms with Crippen molar-refractivity contribution in [1.82, 2.24) is 4.72 Å². The number of sulfonamides is 1.